The van der Waals surface area contributed by atoms with E-state index in [1.165, 1.54) is 10.9 Å². The number of carbonyl (C=O) groups excluding carboxylic acids is 2. The molecule has 1 amide bonds. The predicted octanol–water partition coefficient (Wildman–Crippen LogP) is 1.82. The molecule has 0 aliphatic carbocycles. The van der Waals surface area contributed by atoms with Crippen LogP contribution < -0.4 is 5.32 Å². The molecule has 1 atom stereocenters. The first-order chi connectivity index (χ1) is 8.72. The van der Waals surface area contributed by atoms with Gasteiger partial charge in [0.2, 0.25) is 11.8 Å². The normalized spacial score (nSPS) is 18.6. The maximum atomic E-state index is 12.3. The molecule has 2 heterocycles. The third-order valence-electron chi connectivity index (χ3n) is 3.08. The van der Waals surface area contributed by atoms with Crippen LogP contribution in [-0.2, 0) is 4.79 Å². The van der Waals surface area contributed by atoms with E-state index in [0.29, 0.717) is 23.1 Å². The minimum atomic E-state index is -0.743. The van der Waals surface area contributed by atoms with Crippen LogP contribution in [0.2, 0.25) is 0 Å². The van der Waals surface area contributed by atoms with Crippen LogP contribution in [0.5, 0.6) is 0 Å². The molecule has 1 aromatic heterocycles. The average Bonchev–Trinajstić information content (AvgIpc) is 2.76. The summed E-state index contributed by atoms with van der Waals surface area (Å²) < 4.78 is 1.44. The summed E-state index contributed by atoms with van der Waals surface area (Å²) in [7, 11) is 0. The molecule has 0 radical (unpaired) electrons. The highest BCUT2D eigenvalue weighted by Crippen LogP contribution is 2.27. The van der Waals surface area contributed by atoms with Gasteiger partial charge < -0.3 is 5.32 Å². The Morgan fingerprint density at radius 3 is 3.06 bits per heavy atom. The number of benzene rings is 1. The lowest BCUT2D eigenvalue weighted by Crippen LogP contribution is -2.30. The molecule has 1 aliphatic rings. The smallest absolute Gasteiger partial charge is 0.245 e. The molecule has 0 saturated carbocycles. The van der Waals surface area contributed by atoms with Gasteiger partial charge in [0.05, 0.1) is 16.7 Å². The van der Waals surface area contributed by atoms with E-state index >= 15 is 0 Å². The zero-order chi connectivity index (χ0) is 12.7. The van der Waals surface area contributed by atoms with Crippen molar-refractivity contribution in [3.8, 4) is 0 Å². The molecule has 0 bridgehead atoms. The lowest BCUT2D eigenvalue weighted by Gasteiger charge is -2.09. The topological polar surface area (TPSA) is 64.0 Å². The van der Waals surface area contributed by atoms with Crippen molar-refractivity contribution in [3.63, 3.8) is 0 Å². The Kier molecular flexibility index (Phi) is 2.26. The van der Waals surface area contributed by atoms with Gasteiger partial charge in [-0.15, -0.1) is 6.58 Å². The molecular weight excluding hydrogens is 230 g/mol. The number of carbonyl (C=O) groups is 2. The van der Waals surface area contributed by atoms with Crippen LogP contribution in [-0.4, -0.2) is 21.4 Å². The molecule has 5 nitrogen and oxygen atoms in total. The molecule has 2 aromatic rings. The number of nitrogens with one attached hydrogen (secondary N) is 1. The van der Waals surface area contributed by atoms with Crippen molar-refractivity contribution in [1.82, 2.24) is 9.55 Å². The minimum absolute atomic E-state index is 0.264. The van der Waals surface area contributed by atoms with Gasteiger partial charge in [0.1, 0.15) is 12.2 Å². The number of hydrogen-bond acceptors (Lipinski definition) is 3. The Labute approximate surface area is 103 Å². The number of para-hydroxylation sites is 1. The zero-order valence-corrected chi connectivity index (χ0v) is 9.59. The average molecular weight is 241 g/mol. The molecule has 90 valence electrons. The van der Waals surface area contributed by atoms with Gasteiger partial charge in [-0.25, -0.2) is 4.98 Å². The number of amides is 1. The van der Waals surface area contributed by atoms with Crippen LogP contribution in [0, 0.1) is 5.92 Å². The van der Waals surface area contributed by atoms with E-state index in [4.69, 9.17) is 0 Å². The Bertz CT molecular complexity index is 672. The maximum absolute atomic E-state index is 12.3. The summed E-state index contributed by atoms with van der Waals surface area (Å²) in [6.45, 7) is 3.58. The number of rotatable bonds is 2. The number of allylic oxidation sites excluding steroid dienone is 1. The van der Waals surface area contributed by atoms with Crippen molar-refractivity contribution in [2.75, 3.05) is 5.32 Å². The largest absolute Gasteiger partial charge is 0.323 e. The molecule has 0 fully saturated rings. The second-order valence-electron chi connectivity index (χ2n) is 4.19. The van der Waals surface area contributed by atoms with Crippen molar-refractivity contribution in [2.45, 2.75) is 6.42 Å². The summed E-state index contributed by atoms with van der Waals surface area (Å²) >= 11 is 0. The van der Waals surface area contributed by atoms with Gasteiger partial charge >= 0.3 is 0 Å². The lowest BCUT2D eigenvalue weighted by molar-refractivity contribution is -0.118. The molecule has 1 aliphatic heterocycles. The summed E-state index contributed by atoms with van der Waals surface area (Å²) in [6, 6.07) is 5.37. The molecule has 1 N–H and O–H groups in total. The monoisotopic (exact) mass is 241 g/mol. The Hall–Kier alpha value is -2.43. The summed E-state index contributed by atoms with van der Waals surface area (Å²) in [5.41, 5.74) is 1.97. The molecular formula is C13H11N3O2. The van der Waals surface area contributed by atoms with Crippen molar-refractivity contribution in [2.24, 2.45) is 5.92 Å². The van der Waals surface area contributed by atoms with Crippen molar-refractivity contribution in [1.29, 1.82) is 0 Å². The third kappa shape index (κ3) is 1.37. The third-order valence-corrected chi connectivity index (χ3v) is 3.08. The molecule has 0 saturated heterocycles. The first-order valence-corrected chi connectivity index (χ1v) is 5.64. The molecule has 1 aromatic carbocycles. The Balaban J connectivity index is 2.25. The van der Waals surface area contributed by atoms with Gasteiger partial charge in [-0.3, -0.25) is 14.2 Å². The molecule has 1 unspecified atom stereocenters. The summed E-state index contributed by atoms with van der Waals surface area (Å²) in [5.74, 6) is -1.30. The molecule has 0 spiro atoms. The van der Waals surface area contributed by atoms with Gasteiger partial charge in [-0.1, -0.05) is 12.1 Å². The van der Waals surface area contributed by atoms with Crippen LogP contribution in [0.4, 0.5) is 5.69 Å². The van der Waals surface area contributed by atoms with Gasteiger partial charge in [0, 0.05) is 0 Å². The molecule has 5 heteroatoms. The van der Waals surface area contributed by atoms with Gasteiger partial charge in [0.15, 0.2) is 0 Å². The van der Waals surface area contributed by atoms with Gasteiger partial charge in [-0.05, 0) is 18.6 Å². The molecule has 3 rings (SSSR count). The predicted molar refractivity (Wildman–Crippen MR) is 67.3 cm³/mol. The highest BCUT2D eigenvalue weighted by molar-refractivity contribution is 6.15. The summed E-state index contributed by atoms with van der Waals surface area (Å²) in [5, 5.41) is 2.77. The van der Waals surface area contributed by atoms with Crippen molar-refractivity contribution >= 4 is 28.5 Å². The lowest BCUT2D eigenvalue weighted by atomic mass is 10.0. The van der Waals surface area contributed by atoms with Crippen molar-refractivity contribution in [3.05, 3.63) is 37.2 Å². The number of aromatic nitrogens is 2. The van der Waals surface area contributed by atoms with Crippen LogP contribution in [0.1, 0.15) is 11.2 Å². The number of imidazole rings is 1. The standard InChI is InChI=1S/C13H11N3O2/c1-2-4-8-12(17)15-10-6-3-5-9-11(10)16(7-14-9)13(8)18/h2-3,5-8H,1,4H2,(H,15,17). The quantitative estimate of drug-likeness (QED) is 0.644. The summed E-state index contributed by atoms with van der Waals surface area (Å²) in [4.78, 5) is 28.5. The van der Waals surface area contributed by atoms with E-state index in [-0.39, 0.29) is 11.8 Å². The maximum Gasteiger partial charge on any atom is 0.245 e. The first-order valence-electron chi connectivity index (χ1n) is 5.64. The fourth-order valence-electron chi connectivity index (χ4n) is 2.21. The number of nitrogens with zero attached hydrogens (tertiary/aromatic N) is 2. The van der Waals surface area contributed by atoms with E-state index in [9.17, 15) is 9.59 Å². The highest BCUT2D eigenvalue weighted by Gasteiger charge is 2.31. The van der Waals surface area contributed by atoms with E-state index < -0.39 is 5.92 Å². The van der Waals surface area contributed by atoms with Crippen LogP contribution in [0.15, 0.2) is 37.2 Å². The SMILES string of the molecule is C=CCC1C(=O)Nc2cccc3ncn(c23)C1=O. The van der Waals surface area contributed by atoms with E-state index in [0.717, 1.165) is 0 Å². The second-order valence-corrected chi connectivity index (χ2v) is 4.19. The zero-order valence-electron chi connectivity index (χ0n) is 9.59. The number of hydrogen-bond donors (Lipinski definition) is 1. The number of anilines is 1. The van der Waals surface area contributed by atoms with Crippen LogP contribution in [0.25, 0.3) is 11.0 Å². The van der Waals surface area contributed by atoms with Crippen molar-refractivity contribution < 1.29 is 9.59 Å². The summed E-state index contributed by atoms with van der Waals surface area (Å²) in [6.07, 6.45) is 3.36. The second kappa shape index (κ2) is 3.80. The molecule has 18 heavy (non-hydrogen) atoms. The fourth-order valence-corrected chi connectivity index (χ4v) is 2.21. The Morgan fingerprint density at radius 2 is 2.28 bits per heavy atom. The fraction of sp³-hybridized carbons (Fsp3) is 0.154. The van der Waals surface area contributed by atoms with E-state index in [2.05, 4.69) is 16.9 Å². The first kappa shape index (κ1) is 10.7. The van der Waals surface area contributed by atoms with Crippen LogP contribution >= 0.6 is 0 Å². The minimum Gasteiger partial charge on any atom is -0.323 e. The van der Waals surface area contributed by atoms with Crippen LogP contribution in [0.3, 0.4) is 0 Å². The van der Waals surface area contributed by atoms with Gasteiger partial charge in [-0.2, -0.15) is 0 Å². The van der Waals surface area contributed by atoms with E-state index in [1.54, 1.807) is 18.2 Å². The highest BCUT2D eigenvalue weighted by atomic mass is 16.2. The van der Waals surface area contributed by atoms with E-state index in [1.807, 2.05) is 6.07 Å². The Morgan fingerprint density at radius 1 is 1.44 bits per heavy atom. The van der Waals surface area contributed by atoms with Gasteiger partial charge in [0.25, 0.3) is 0 Å².